The van der Waals surface area contributed by atoms with E-state index in [4.69, 9.17) is 25.4 Å². The summed E-state index contributed by atoms with van der Waals surface area (Å²) in [6.45, 7) is 18.5. The van der Waals surface area contributed by atoms with Gasteiger partial charge in [-0.15, -0.1) is 10.2 Å². The number of hydrogen-bond acceptors (Lipinski definition) is 13. The van der Waals surface area contributed by atoms with Crippen molar-refractivity contribution in [3.05, 3.63) is 64.5 Å². The van der Waals surface area contributed by atoms with Crippen LogP contribution in [0.25, 0.3) is 15.8 Å². The Hall–Kier alpha value is -4.50. The van der Waals surface area contributed by atoms with Crippen molar-refractivity contribution in [3.8, 4) is 0 Å². The Morgan fingerprint density at radius 2 is 1.77 bits per heavy atom. The summed E-state index contributed by atoms with van der Waals surface area (Å²) in [5.74, 6) is 0.731. The molecule has 13 nitrogen and oxygen atoms in total. The molecule has 5 fully saturated rings. The molecular formula is C46H60N10O3S. The van der Waals surface area contributed by atoms with Crippen molar-refractivity contribution < 1.29 is 14.6 Å². The number of allylic oxidation sites excluding steroid dienone is 1. The van der Waals surface area contributed by atoms with Crippen LogP contribution in [0.2, 0.25) is 0 Å². The third-order valence-corrected chi connectivity index (χ3v) is 15.0. The van der Waals surface area contributed by atoms with Gasteiger partial charge in [0.15, 0.2) is 22.5 Å². The Kier molecular flexibility index (Phi) is 10.5. The van der Waals surface area contributed by atoms with Crippen molar-refractivity contribution in [2.75, 3.05) is 69.7 Å². The van der Waals surface area contributed by atoms with E-state index in [0.717, 1.165) is 116 Å². The van der Waals surface area contributed by atoms with Crippen molar-refractivity contribution in [2.45, 2.75) is 91.6 Å². The molecule has 60 heavy (non-hydrogen) atoms. The lowest BCUT2D eigenvalue weighted by Gasteiger charge is -2.69. The minimum atomic E-state index is -1.12. The Labute approximate surface area is 357 Å². The fourth-order valence-electron chi connectivity index (χ4n) is 12.5. The average Bonchev–Trinajstić information content (AvgIpc) is 3.59. The van der Waals surface area contributed by atoms with Gasteiger partial charge in [-0.2, -0.15) is 0 Å². The van der Waals surface area contributed by atoms with Crippen LogP contribution >= 0.6 is 11.3 Å². The predicted octanol–water partition coefficient (Wildman–Crippen LogP) is 7.77. The number of aryl methyl sites for hydroxylation is 1. The third-order valence-electron chi connectivity index (χ3n) is 14.1. The van der Waals surface area contributed by atoms with Gasteiger partial charge in [-0.05, 0) is 125 Å². The van der Waals surface area contributed by atoms with Crippen molar-refractivity contribution in [2.24, 2.45) is 27.0 Å². The number of thiazole rings is 1. The van der Waals surface area contributed by atoms with E-state index in [1.807, 2.05) is 30.9 Å². The molecule has 3 aromatic heterocycles. The first-order valence-corrected chi connectivity index (χ1v) is 22.5. The molecule has 4 bridgehead atoms. The molecular weight excluding hydrogens is 773 g/mol. The van der Waals surface area contributed by atoms with Gasteiger partial charge in [-0.3, -0.25) is 9.89 Å². The molecule has 6 aliphatic rings. The largest absolute Gasteiger partial charge is 0.476 e. The summed E-state index contributed by atoms with van der Waals surface area (Å²) in [4.78, 5) is 34.7. The molecule has 0 radical (unpaired) electrons. The monoisotopic (exact) mass is 832 g/mol. The van der Waals surface area contributed by atoms with Crippen molar-refractivity contribution >= 4 is 61.4 Å². The van der Waals surface area contributed by atoms with Crippen LogP contribution in [0.1, 0.15) is 98.5 Å². The number of ether oxygens (including phenoxy) is 1. The molecule has 4 aliphatic carbocycles. The first-order chi connectivity index (χ1) is 28.7. The molecule has 4 N–H and O–H groups in total. The maximum absolute atomic E-state index is 12.9. The van der Waals surface area contributed by atoms with Crippen LogP contribution in [0.15, 0.2) is 41.5 Å². The lowest BCUT2D eigenvalue weighted by atomic mass is 9.39. The van der Waals surface area contributed by atoms with E-state index < -0.39 is 5.97 Å². The fourth-order valence-corrected chi connectivity index (χ4v) is 13.3. The number of anilines is 4. The SMILES string of the molecule is CC(=NCC12CC3(C)CC(C)(C1)CC(OCCN1CCN(C)CC1)(C3)C2)C(=CN)c1ccc(N2CCCc3c2nnc(Nc2nc4cc(C)ccc4s2)c3C)nc1C(=O)O. The summed E-state index contributed by atoms with van der Waals surface area (Å²) in [7, 11) is 2.20. The molecule has 4 aromatic rings. The molecule has 1 saturated heterocycles. The highest BCUT2D eigenvalue weighted by molar-refractivity contribution is 7.22. The van der Waals surface area contributed by atoms with Crippen LogP contribution in [-0.4, -0.2) is 112 Å². The summed E-state index contributed by atoms with van der Waals surface area (Å²) >= 11 is 1.58. The second-order valence-corrected chi connectivity index (χ2v) is 20.6. The molecule has 2 unspecified atom stereocenters. The Morgan fingerprint density at radius 3 is 2.50 bits per heavy atom. The number of pyridine rings is 1. The zero-order valence-corrected chi connectivity index (χ0v) is 36.9. The van der Waals surface area contributed by atoms with Crippen LogP contribution in [0.3, 0.4) is 0 Å². The average molecular weight is 833 g/mol. The smallest absolute Gasteiger partial charge is 0.355 e. The Balaban J connectivity index is 0.932. The second kappa shape index (κ2) is 15.4. The van der Waals surface area contributed by atoms with Gasteiger partial charge in [0, 0.05) is 80.0 Å². The number of nitrogens with zero attached hydrogens (tertiary/aromatic N) is 8. The molecule has 0 spiro atoms. The number of rotatable bonds is 12. The van der Waals surface area contributed by atoms with Gasteiger partial charge in [0.2, 0.25) is 0 Å². The number of aromatic nitrogens is 4. The van der Waals surface area contributed by atoms with Gasteiger partial charge in [0.1, 0.15) is 5.82 Å². The fraction of sp³-hybridized carbons (Fsp3) is 0.565. The summed E-state index contributed by atoms with van der Waals surface area (Å²) in [5, 5.41) is 24.0. The number of fused-ring (bicyclic) bond motifs is 2. The maximum atomic E-state index is 12.9. The Bertz CT molecular complexity index is 2370. The predicted molar refractivity (Wildman–Crippen MR) is 240 cm³/mol. The zero-order chi connectivity index (χ0) is 42.0. The molecule has 2 atom stereocenters. The molecule has 318 valence electrons. The highest BCUT2D eigenvalue weighted by Gasteiger charge is 2.66. The highest BCUT2D eigenvalue weighted by Crippen LogP contribution is 2.71. The number of carboxylic acids is 1. The van der Waals surface area contributed by atoms with Crippen LogP contribution in [0.5, 0.6) is 0 Å². The van der Waals surface area contributed by atoms with Crippen LogP contribution in [0.4, 0.5) is 22.6 Å². The quantitative estimate of drug-likeness (QED) is 0.119. The third kappa shape index (κ3) is 7.80. The summed E-state index contributed by atoms with van der Waals surface area (Å²) in [6.07, 6.45) is 9.91. The van der Waals surface area contributed by atoms with E-state index >= 15 is 0 Å². The lowest BCUT2D eigenvalue weighted by molar-refractivity contribution is -0.242. The van der Waals surface area contributed by atoms with Gasteiger partial charge < -0.3 is 30.7 Å². The van der Waals surface area contributed by atoms with E-state index in [1.165, 1.54) is 18.2 Å². The molecule has 5 heterocycles. The molecule has 4 saturated carbocycles. The molecule has 1 aromatic carbocycles. The minimum absolute atomic E-state index is 0.0223. The number of aromatic carboxylic acids is 1. The second-order valence-electron chi connectivity index (χ2n) is 19.6. The topological polar surface area (TPSA) is 158 Å². The van der Waals surface area contributed by atoms with Crippen LogP contribution < -0.4 is 16.0 Å². The molecule has 0 amide bonds. The number of benzene rings is 1. The van der Waals surface area contributed by atoms with E-state index in [-0.39, 0.29) is 27.5 Å². The summed E-state index contributed by atoms with van der Waals surface area (Å²) < 4.78 is 8.13. The van der Waals surface area contributed by atoms with Crippen LogP contribution in [0, 0.1) is 30.1 Å². The van der Waals surface area contributed by atoms with E-state index in [2.05, 4.69) is 71.3 Å². The van der Waals surface area contributed by atoms with E-state index in [9.17, 15) is 9.90 Å². The number of likely N-dealkylation sites (N-methyl/N-ethyl adjacent to an activating group) is 1. The first kappa shape index (κ1) is 40.9. The van der Waals surface area contributed by atoms with Gasteiger partial charge in [0.25, 0.3) is 0 Å². The number of nitrogens with two attached hydrogens (primary N) is 1. The normalized spacial score (nSPS) is 28.4. The molecule has 14 heteroatoms. The first-order valence-electron chi connectivity index (χ1n) is 21.7. The van der Waals surface area contributed by atoms with Gasteiger partial charge in [-0.25, -0.2) is 14.8 Å². The highest BCUT2D eigenvalue weighted by atomic mass is 32.1. The summed E-state index contributed by atoms with van der Waals surface area (Å²) in [6, 6.07) is 9.94. The summed E-state index contributed by atoms with van der Waals surface area (Å²) in [5.41, 5.74) is 12.5. The van der Waals surface area contributed by atoms with E-state index in [0.29, 0.717) is 41.7 Å². The van der Waals surface area contributed by atoms with Crippen molar-refractivity contribution in [1.82, 2.24) is 30.0 Å². The number of aliphatic imine (C=N–C) groups is 1. The van der Waals surface area contributed by atoms with Gasteiger partial charge in [-0.1, -0.05) is 31.3 Å². The standard InChI is InChI=1S/C46H60N10O3S/c1-29-9-11-36-35(20-29)49-42(60-36)51-39-30(2)32-8-7-13-56(40(32)53-52-39)37-12-10-33(38(50-37)41(57)58)34(21-47)31(3)48-28-45-23-43(4)22-44(5,24-45)26-46(25-43,27-45)59-19-18-55-16-14-54(6)15-17-55/h9-12,20-21H,7-8,13-19,22-28,47H2,1-6H3,(H,57,58)(H,49,51,52). The van der Waals surface area contributed by atoms with Crippen molar-refractivity contribution in [3.63, 3.8) is 0 Å². The molecule has 10 rings (SSSR count). The number of carboxylic acid groups (broad SMARTS) is 1. The van der Waals surface area contributed by atoms with Crippen LogP contribution in [-0.2, 0) is 11.2 Å². The number of carbonyl (C=O) groups is 1. The number of nitrogens with one attached hydrogen (secondary N) is 1. The zero-order valence-electron chi connectivity index (χ0n) is 36.1. The maximum Gasteiger partial charge on any atom is 0.355 e. The van der Waals surface area contributed by atoms with Crippen molar-refractivity contribution in [1.29, 1.82) is 0 Å². The number of hydrogen-bond donors (Lipinski definition) is 3. The molecule has 2 aliphatic heterocycles. The minimum Gasteiger partial charge on any atom is -0.476 e. The van der Waals surface area contributed by atoms with E-state index in [1.54, 1.807) is 11.3 Å². The number of piperazine rings is 1. The van der Waals surface area contributed by atoms with Gasteiger partial charge in [0.05, 0.1) is 22.4 Å². The Morgan fingerprint density at radius 1 is 1.00 bits per heavy atom. The van der Waals surface area contributed by atoms with Gasteiger partial charge >= 0.3 is 5.97 Å². The lowest BCUT2D eigenvalue weighted by Crippen LogP contribution is -2.64.